The number of nitrogens with zero attached hydrogens (tertiary/aromatic N) is 3. The summed E-state index contributed by atoms with van der Waals surface area (Å²) in [4.78, 5) is 4.33. The Morgan fingerprint density at radius 2 is 0.622 bits per heavy atom. The molecule has 2 aliphatic heterocycles. The van der Waals surface area contributed by atoms with Gasteiger partial charge in [0.05, 0.1) is 52.8 Å². The first-order valence-corrected chi connectivity index (χ1v) is 33.5. The molecular formula is C94H84BN3. The first kappa shape index (κ1) is 44.9. The Balaban J connectivity index is 1.22. The number of rotatable bonds is 9. The van der Waals surface area contributed by atoms with E-state index < -0.39 is 137 Å². The summed E-state index contributed by atoms with van der Waals surface area (Å²) in [7, 11) is 0. The number of anilines is 6. The molecule has 0 radical (unpaired) electrons. The maximum Gasteiger partial charge on any atom is 0.252 e. The Kier molecular flexibility index (Phi) is 10.8. The zero-order valence-electron chi connectivity index (χ0n) is 75.2. The van der Waals surface area contributed by atoms with Crippen molar-refractivity contribution in [2.75, 3.05) is 9.80 Å². The van der Waals surface area contributed by atoms with Gasteiger partial charge in [-0.2, -0.15) is 0 Å². The molecule has 0 fully saturated rings. The van der Waals surface area contributed by atoms with Gasteiger partial charge in [-0.05, 0) is 165 Å². The Morgan fingerprint density at radius 3 is 0.990 bits per heavy atom. The fourth-order valence-electron chi connectivity index (χ4n) is 14.4. The van der Waals surface area contributed by atoms with Crippen LogP contribution in [0.3, 0.4) is 0 Å². The molecule has 0 aliphatic carbocycles. The van der Waals surface area contributed by atoms with Crippen LogP contribution in [0, 0.1) is 0 Å². The Morgan fingerprint density at radius 1 is 0.286 bits per heavy atom. The molecule has 2 aliphatic rings. The van der Waals surface area contributed by atoms with Crippen LogP contribution in [0.5, 0.6) is 0 Å². The van der Waals surface area contributed by atoms with Crippen LogP contribution in [-0.2, 0) is 21.7 Å². The van der Waals surface area contributed by atoms with Crippen molar-refractivity contribution in [3.8, 4) is 72.4 Å². The second-order valence-corrected chi connectivity index (χ2v) is 30.1. The third-order valence-corrected chi connectivity index (χ3v) is 19.6. The Bertz CT molecular complexity index is 6320. The predicted molar refractivity (Wildman–Crippen MR) is 422 cm³/mol. The van der Waals surface area contributed by atoms with E-state index >= 15 is 0 Å². The minimum atomic E-state index is -0.911. The highest BCUT2D eigenvalue weighted by Crippen LogP contribution is 2.56. The van der Waals surface area contributed by atoms with Gasteiger partial charge in [-0.15, -0.1) is 0 Å². The van der Waals surface area contributed by atoms with E-state index in [1.807, 2.05) is 115 Å². The SMILES string of the molecule is [2H]c1c([2H])c([2H])c(-c2ccc3c(c2)N(c2c(-c4ccccc4)cc(C(C)(C)C)cc2-c2ccccc2)c2cc(-n4c5c([2H])c([2H])c([2H])c([2H])c5c5c([2H])c([2H])c([2H])c([2H])c54)cc4c2B3c2ccc(-c3c([2H])c([2H])c([2H])c([2H])c3[2H])cc2N4c2c(-c3ccccc3)cc(C(C)(C)C)cc2-c2cc(C(C)(C)C)cc(C(C)(C)C)c2)c([2H])c1[2H]. The molecule has 98 heavy (non-hydrogen) atoms. The van der Waals surface area contributed by atoms with Crippen molar-refractivity contribution in [3.05, 3.63) is 313 Å². The zero-order chi connectivity index (χ0) is 83.2. The summed E-state index contributed by atoms with van der Waals surface area (Å²) in [5.41, 5.74) is 13.6. The van der Waals surface area contributed by atoms with Crippen molar-refractivity contribution >= 4 is 79.0 Å². The average Bonchev–Trinajstić information content (AvgIpc) is 1.26. The molecule has 478 valence electrons. The molecule has 0 unspecified atom stereocenters. The van der Waals surface area contributed by atoms with Gasteiger partial charge in [-0.1, -0.05) is 313 Å². The van der Waals surface area contributed by atoms with Crippen LogP contribution < -0.4 is 26.2 Å². The van der Waals surface area contributed by atoms with Crippen LogP contribution in [0.2, 0.25) is 0 Å². The summed E-state index contributed by atoms with van der Waals surface area (Å²) in [6.45, 7) is 25.2. The topological polar surface area (TPSA) is 11.4 Å². The van der Waals surface area contributed by atoms with Crippen molar-refractivity contribution in [1.82, 2.24) is 4.57 Å². The maximum atomic E-state index is 10.2. The van der Waals surface area contributed by atoms with Gasteiger partial charge in [-0.3, -0.25) is 0 Å². The quantitative estimate of drug-likeness (QED) is 0.133. The number of para-hydroxylation sites is 2. The van der Waals surface area contributed by atoms with Crippen LogP contribution in [0.4, 0.5) is 34.1 Å². The number of aromatic nitrogens is 1. The van der Waals surface area contributed by atoms with Crippen LogP contribution in [0.1, 0.15) is 130 Å². The number of benzene rings is 13. The van der Waals surface area contributed by atoms with E-state index in [0.717, 1.165) is 66.8 Å². The van der Waals surface area contributed by atoms with Crippen molar-refractivity contribution < 1.29 is 24.7 Å². The van der Waals surface area contributed by atoms with E-state index in [1.165, 1.54) is 4.57 Å². The second kappa shape index (κ2) is 23.6. The molecule has 0 saturated heterocycles. The zero-order valence-corrected chi connectivity index (χ0v) is 57.2. The summed E-state index contributed by atoms with van der Waals surface area (Å²) in [5.74, 6) is 0. The minimum absolute atomic E-state index is 0.0779. The molecular weight excluding hydrogens is 1180 g/mol. The van der Waals surface area contributed by atoms with Gasteiger partial charge in [-0.25, -0.2) is 0 Å². The van der Waals surface area contributed by atoms with Gasteiger partial charge in [0.1, 0.15) is 0 Å². The molecule has 0 saturated carbocycles. The third kappa shape index (κ3) is 10.8. The number of hydrogen-bond acceptors (Lipinski definition) is 2. The van der Waals surface area contributed by atoms with Crippen LogP contribution in [0.15, 0.2) is 291 Å². The molecule has 3 nitrogen and oxygen atoms in total. The predicted octanol–water partition coefficient (Wildman–Crippen LogP) is 24.1. The highest BCUT2D eigenvalue weighted by atomic mass is 15.2. The highest BCUT2D eigenvalue weighted by molar-refractivity contribution is 7.00. The minimum Gasteiger partial charge on any atom is -0.310 e. The lowest BCUT2D eigenvalue weighted by molar-refractivity contribution is 0.569. The van der Waals surface area contributed by atoms with Gasteiger partial charge >= 0.3 is 0 Å². The molecule has 0 N–H and O–H groups in total. The molecule has 14 aromatic rings. The van der Waals surface area contributed by atoms with Crippen molar-refractivity contribution in [3.63, 3.8) is 0 Å². The van der Waals surface area contributed by atoms with Crippen LogP contribution in [-0.4, -0.2) is 11.3 Å². The molecule has 16 rings (SSSR count). The summed E-state index contributed by atoms with van der Waals surface area (Å²) >= 11 is 0. The van der Waals surface area contributed by atoms with Gasteiger partial charge in [0.25, 0.3) is 6.71 Å². The van der Waals surface area contributed by atoms with Crippen molar-refractivity contribution in [1.29, 1.82) is 0 Å². The number of fused-ring (bicyclic) bond motifs is 7. The smallest absolute Gasteiger partial charge is 0.252 e. The summed E-state index contributed by atoms with van der Waals surface area (Å²) in [6.07, 6.45) is 0. The Labute approximate surface area is 605 Å². The molecule has 4 heteroatoms. The van der Waals surface area contributed by atoms with E-state index in [1.54, 1.807) is 12.1 Å². The molecule has 0 atom stereocenters. The van der Waals surface area contributed by atoms with Gasteiger partial charge < -0.3 is 14.4 Å². The molecule has 13 aromatic carbocycles. The van der Waals surface area contributed by atoms with Gasteiger partial charge in [0, 0.05) is 55.8 Å². The molecule has 0 bridgehead atoms. The van der Waals surface area contributed by atoms with E-state index in [9.17, 15) is 21.9 Å². The normalized spacial score (nSPS) is 15.6. The van der Waals surface area contributed by atoms with E-state index in [0.29, 0.717) is 50.5 Å². The molecule has 0 spiro atoms. The van der Waals surface area contributed by atoms with E-state index in [-0.39, 0.29) is 49.7 Å². The lowest BCUT2D eigenvalue weighted by Gasteiger charge is -2.46. The fraction of sp³-hybridized carbons (Fsp3) is 0.170. The number of hydrogen-bond donors (Lipinski definition) is 0. The molecule has 1 aromatic heterocycles. The monoisotopic (exact) mass is 1280 g/mol. The van der Waals surface area contributed by atoms with Gasteiger partial charge in [0.2, 0.25) is 0 Å². The van der Waals surface area contributed by atoms with Gasteiger partial charge in [0.15, 0.2) is 0 Å². The summed E-state index contributed by atoms with van der Waals surface area (Å²) in [6, 6.07) is 50.8. The lowest BCUT2D eigenvalue weighted by atomic mass is 9.33. The molecule has 3 heterocycles. The molecule has 0 amide bonds. The summed E-state index contributed by atoms with van der Waals surface area (Å²) < 4.78 is 173. The fourth-order valence-corrected chi connectivity index (χ4v) is 14.4. The highest BCUT2D eigenvalue weighted by Gasteiger charge is 2.46. The van der Waals surface area contributed by atoms with E-state index in [2.05, 4.69) is 147 Å². The third-order valence-electron chi connectivity index (χ3n) is 19.6. The van der Waals surface area contributed by atoms with Crippen LogP contribution >= 0.6 is 0 Å². The second-order valence-electron chi connectivity index (χ2n) is 30.1. The standard InChI is InChI=1S/C94H84BN3/c1-91(2,3)69-50-68(51-70(54-69)92(4,5)6)79-58-72(94(10,11)12)57-78(65-40-26-17-27-41-65)90(79)98-85-53-67(62-34-20-14-21-35-62)47-49-81(85)95-80-48-46-66(61-32-18-13-19-33-61)52-84(80)97(86-59-73(60-87(98)88(86)95)96-82-44-30-28-42-74(82)75-43-29-31-45-83(75)96)89-76(63-36-22-15-23-37-63)55-71(93(7,8)9)56-77(89)64-38-24-16-25-39-64/h13-60H,1-12H3/i13D,14D,18D,19D,20D,21D,28D,29D,30D,31D,32D,33D,34D,35D,42D,43D,44D,45D. The lowest BCUT2D eigenvalue weighted by Crippen LogP contribution is -2.61. The largest absolute Gasteiger partial charge is 0.310 e. The summed E-state index contributed by atoms with van der Waals surface area (Å²) in [5, 5.41) is -0.318. The Hall–Kier alpha value is -10.7. The maximum absolute atomic E-state index is 10.2. The van der Waals surface area contributed by atoms with Crippen molar-refractivity contribution in [2.24, 2.45) is 0 Å². The average molecular weight is 1280 g/mol. The van der Waals surface area contributed by atoms with Crippen molar-refractivity contribution in [2.45, 2.75) is 105 Å². The van der Waals surface area contributed by atoms with Crippen LogP contribution in [0.25, 0.3) is 94.3 Å². The first-order chi connectivity index (χ1) is 54.6. The van der Waals surface area contributed by atoms with E-state index in [4.69, 9.17) is 2.74 Å². The first-order valence-electron chi connectivity index (χ1n) is 42.5.